The first-order chi connectivity index (χ1) is 17.3. The highest BCUT2D eigenvalue weighted by molar-refractivity contribution is 6.23. The fourth-order valence-electron chi connectivity index (χ4n) is 4.58. The van der Waals surface area contributed by atoms with Crippen LogP contribution in [-0.2, 0) is 19.1 Å². The highest BCUT2D eigenvalue weighted by Crippen LogP contribution is 2.36. The Morgan fingerprint density at radius 1 is 0.944 bits per heavy atom. The quantitative estimate of drug-likeness (QED) is 0.357. The molecule has 2 heterocycles. The summed E-state index contributed by atoms with van der Waals surface area (Å²) in [5, 5.41) is 0. The Hall–Kier alpha value is -4.39. The van der Waals surface area contributed by atoms with Gasteiger partial charge in [0.15, 0.2) is 0 Å². The Morgan fingerprint density at radius 3 is 2.28 bits per heavy atom. The first kappa shape index (κ1) is 24.7. The Balaban J connectivity index is 1.87. The van der Waals surface area contributed by atoms with Crippen molar-refractivity contribution >= 4 is 29.6 Å². The second-order valence-corrected chi connectivity index (χ2v) is 8.39. The van der Waals surface area contributed by atoms with Crippen LogP contribution in [0.2, 0.25) is 0 Å². The third-order valence-electron chi connectivity index (χ3n) is 6.21. The van der Waals surface area contributed by atoms with Crippen LogP contribution < -0.4 is 4.90 Å². The number of aryl methyl sites for hydroxylation is 1. The molecule has 0 fully saturated rings. The maximum absolute atomic E-state index is 13.6. The molecule has 7 heteroatoms. The molecule has 36 heavy (non-hydrogen) atoms. The molecule has 1 aliphatic heterocycles. The molecule has 0 aliphatic carbocycles. The van der Waals surface area contributed by atoms with E-state index in [1.165, 1.54) is 12.0 Å². The van der Waals surface area contributed by atoms with Gasteiger partial charge in [0.05, 0.1) is 36.1 Å². The van der Waals surface area contributed by atoms with E-state index in [2.05, 4.69) is 0 Å². The Morgan fingerprint density at radius 2 is 1.61 bits per heavy atom. The van der Waals surface area contributed by atoms with Gasteiger partial charge in [0.2, 0.25) is 0 Å². The Kier molecular flexibility index (Phi) is 6.92. The van der Waals surface area contributed by atoms with E-state index in [1.54, 1.807) is 32.1 Å². The molecule has 1 aromatic heterocycles. The van der Waals surface area contributed by atoms with Crippen LogP contribution in [0.4, 0.5) is 5.69 Å². The molecule has 0 radical (unpaired) electrons. The first-order valence-electron chi connectivity index (χ1n) is 11.7. The number of allylic oxidation sites excluding steroid dienone is 1. The average molecular weight is 485 g/mol. The number of aromatic nitrogens is 1. The number of ether oxygens (including phenoxy) is 2. The number of carbonyl (C=O) groups excluding carboxylic acids is 3. The molecule has 0 saturated carbocycles. The lowest BCUT2D eigenvalue weighted by Gasteiger charge is -2.17. The van der Waals surface area contributed by atoms with Crippen molar-refractivity contribution < 1.29 is 23.9 Å². The predicted octanol–water partition coefficient (Wildman–Crippen LogP) is 5.15. The number of rotatable bonds is 6. The number of benzene rings is 2. The molecular formula is C29H28N2O5. The fraction of sp³-hybridized carbons (Fsp3) is 0.207. The summed E-state index contributed by atoms with van der Waals surface area (Å²) in [6, 6.07) is 18.3. The molecule has 7 nitrogen and oxygen atoms in total. The summed E-state index contributed by atoms with van der Waals surface area (Å²) in [6.07, 6.45) is 1.72. The minimum absolute atomic E-state index is 0.196. The van der Waals surface area contributed by atoms with Crippen LogP contribution >= 0.6 is 0 Å². The second kappa shape index (κ2) is 10.1. The smallest absolute Gasteiger partial charge is 0.340 e. The van der Waals surface area contributed by atoms with Gasteiger partial charge < -0.3 is 14.0 Å². The fourth-order valence-corrected chi connectivity index (χ4v) is 4.58. The summed E-state index contributed by atoms with van der Waals surface area (Å²) in [4.78, 5) is 40.5. The number of esters is 2. The van der Waals surface area contributed by atoms with Crippen molar-refractivity contribution in [1.82, 2.24) is 4.57 Å². The number of nitrogens with zero attached hydrogens (tertiary/aromatic N) is 2. The van der Waals surface area contributed by atoms with Crippen LogP contribution in [0.1, 0.15) is 41.2 Å². The van der Waals surface area contributed by atoms with E-state index in [1.807, 2.05) is 66.9 Å². The van der Waals surface area contributed by atoms with Crippen molar-refractivity contribution in [2.75, 3.05) is 18.6 Å². The minimum atomic E-state index is -0.544. The van der Waals surface area contributed by atoms with Crippen LogP contribution in [0.25, 0.3) is 11.8 Å². The third-order valence-corrected chi connectivity index (χ3v) is 6.21. The average Bonchev–Trinajstić information content (AvgIpc) is 3.29. The lowest BCUT2D eigenvalue weighted by molar-refractivity contribution is -0.138. The van der Waals surface area contributed by atoms with Crippen molar-refractivity contribution in [2.24, 2.45) is 0 Å². The van der Waals surface area contributed by atoms with Crippen molar-refractivity contribution in [3.63, 3.8) is 0 Å². The summed E-state index contributed by atoms with van der Waals surface area (Å²) in [6.45, 7) is 7.50. The third kappa shape index (κ3) is 4.24. The van der Waals surface area contributed by atoms with E-state index < -0.39 is 11.9 Å². The van der Waals surface area contributed by atoms with Crippen molar-refractivity contribution in [1.29, 1.82) is 0 Å². The van der Waals surface area contributed by atoms with Crippen molar-refractivity contribution in [3.8, 4) is 5.69 Å². The highest BCUT2D eigenvalue weighted by atomic mass is 16.5. The topological polar surface area (TPSA) is 77.8 Å². The van der Waals surface area contributed by atoms with Crippen LogP contribution in [0.15, 0.2) is 77.5 Å². The number of hydrogen-bond donors (Lipinski definition) is 0. The van der Waals surface area contributed by atoms with E-state index in [-0.39, 0.29) is 23.7 Å². The molecule has 0 atom stereocenters. The SMILES string of the molecule is CCOC(=O)C1=C(C)N(c2ccccc2)C(=O)C1=Cc1cc(C)n(-c2ccccc2C(=O)OC)c1C. The number of anilines is 1. The van der Waals surface area contributed by atoms with Gasteiger partial charge >= 0.3 is 11.9 Å². The van der Waals surface area contributed by atoms with E-state index in [0.717, 1.165) is 17.0 Å². The maximum atomic E-state index is 13.6. The normalized spacial score (nSPS) is 14.5. The molecular weight excluding hydrogens is 456 g/mol. The predicted molar refractivity (Wildman–Crippen MR) is 138 cm³/mol. The number of methoxy groups -OCH3 is 1. The molecule has 4 rings (SSSR count). The summed E-state index contributed by atoms with van der Waals surface area (Å²) >= 11 is 0. The molecule has 0 N–H and O–H groups in total. The zero-order valence-electron chi connectivity index (χ0n) is 21.0. The molecule has 184 valence electrons. The molecule has 0 bridgehead atoms. The number of hydrogen-bond acceptors (Lipinski definition) is 5. The van der Waals surface area contributed by atoms with E-state index >= 15 is 0 Å². The molecule has 0 saturated heterocycles. The molecule has 0 unspecified atom stereocenters. The molecule has 1 aliphatic rings. The van der Waals surface area contributed by atoms with Gasteiger partial charge in [0.1, 0.15) is 0 Å². The maximum Gasteiger partial charge on any atom is 0.340 e. The van der Waals surface area contributed by atoms with Gasteiger partial charge in [-0.2, -0.15) is 0 Å². The summed E-state index contributed by atoms with van der Waals surface area (Å²) in [5.74, 6) is -1.29. The van der Waals surface area contributed by atoms with Gasteiger partial charge in [-0.25, -0.2) is 9.59 Å². The zero-order chi connectivity index (χ0) is 26.0. The van der Waals surface area contributed by atoms with Gasteiger partial charge in [-0.3, -0.25) is 9.69 Å². The number of carbonyl (C=O) groups is 3. The van der Waals surface area contributed by atoms with Gasteiger partial charge in [-0.1, -0.05) is 30.3 Å². The standard InChI is InChI=1S/C29H28N2O5/c1-6-36-29(34)26-20(4)31(22-12-8-7-9-13-22)27(32)24(26)17-21-16-18(2)30(19(21)3)25-15-11-10-14-23(25)28(33)35-5/h7-17H,6H2,1-5H3. The van der Waals surface area contributed by atoms with Crippen LogP contribution in [0.3, 0.4) is 0 Å². The molecule has 1 amide bonds. The zero-order valence-corrected chi connectivity index (χ0v) is 21.0. The van der Waals surface area contributed by atoms with Crippen LogP contribution in [0, 0.1) is 13.8 Å². The lowest BCUT2D eigenvalue weighted by Crippen LogP contribution is -2.24. The second-order valence-electron chi connectivity index (χ2n) is 8.39. The Labute approximate surface area is 210 Å². The molecule has 2 aromatic carbocycles. The van der Waals surface area contributed by atoms with E-state index in [9.17, 15) is 14.4 Å². The van der Waals surface area contributed by atoms with Gasteiger partial charge in [0, 0.05) is 22.8 Å². The van der Waals surface area contributed by atoms with Gasteiger partial charge in [-0.05, 0) is 69.7 Å². The molecule has 0 spiro atoms. The molecule has 3 aromatic rings. The summed E-state index contributed by atoms with van der Waals surface area (Å²) in [5.41, 5.74) is 5.20. The minimum Gasteiger partial charge on any atom is -0.465 e. The largest absolute Gasteiger partial charge is 0.465 e. The summed E-state index contributed by atoms with van der Waals surface area (Å²) < 4.78 is 12.2. The van der Waals surface area contributed by atoms with Crippen molar-refractivity contribution in [3.05, 3.63) is 100 Å². The van der Waals surface area contributed by atoms with Crippen molar-refractivity contribution in [2.45, 2.75) is 27.7 Å². The van der Waals surface area contributed by atoms with E-state index in [4.69, 9.17) is 9.47 Å². The lowest BCUT2D eigenvalue weighted by atomic mass is 10.0. The van der Waals surface area contributed by atoms with Gasteiger partial charge in [0.25, 0.3) is 5.91 Å². The Bertz CT molecular complexity index is 1410. The van der Waals surface area contributed by atoms with E-state index in [0.29, 0.717) is 22.6 Å². The first-order valence-corrected chi connectivity index (χ1v) is 11.7. The summed E-state index contributed by atoms with van der Waals surface area (Å²) in [7, 11) is 1.35. The number of amides is 1. The monoisotopic (exact) mass is 484 g/mol. The number of para-hydroxylation sites is 2. The highest BCUT2D eigenvalue weighted by Gasteiger charge is 2.38. The van der Waals surface area contributed by atoms with Crippen LogP contribution in [0.5, 0.6) is 0 Å². The van der Waals surface area contributed by atoms with Crippen LogP contribution in [-0.4, -0.2) is 36.1 Å². The van der Waals surface area contributed by atoms with Gasteiger partial charge in [-0.15, -0.1) is 0 Å².